The van der Waals surface area contributed by atoms with E-state index in [1.807, 2.05) is 24.3 Å². The molecule has 1 fully saturated rings. The number of amides is 2. The number of benzene rings is 2. The summed E-state index contributed by atoms with van der Waals surface area (Å²) in [6.07, 6.45) is 1.40. The maximum Gasteiger partial charge on any atom is 0.271 e. The second-order valence-corrected chi connectivity index (χ2v) is 6.36. The van der Waals surface area contributed by atoms with Gasteiger partial charge in [-0.15, -0.1) is 0 Å². The van der Waals surface area contributed by atoms with Crippen LogP contribution >= 0.6 is 0 Å². The minimum Gasteiger partial charge on any atom is -0.374 e. The average molecular weight is 368 g/mol. The molecule has 2 aromatic carbocycles. The highest BCUT2D eigenvalue weighted by molar-refractivity contribution is 5.97. The van der Waals surface area contributed by atoms with E-state index in [2.05, 4.69) is 10.6 Å². The number of non-ortho nitro benzene ring substituents is 1. The van der Waals surface area contributed by atoms with Gasteiger partial charge in [0.1, 0.15) is 6.04 Å². The molecule has 0 aromatic heterocycles. The quantitative estimate of drug-likeness (QED) is 0.602. The summed E-state index contributed by atoms with van der Waals surface area (Å²) in [7, 11) is 0. The predicted octanol–water partition coefficient (Wildman–Crippen LogP) is 3.16. The lowest BCUT2D eigenvalue weighted by atomic mass is 10.2. The summed E-state index contributed by atoms with van der Waals surface area (Å²) in [5.74, 6) is -0.221. The van der Waals surface area contributed by atoms with E-state index in [4.69, 9.17) is 0 Å². The molecule has 1 aliphatic heterocycles. The van der Waals surface area contributed by atoms with Crippen molar-refractivity contribution >= 4 is 34.6 Å². The van der Waals surface area contributed by atoms with Gasteiger partial charge in [-0.1, -0.05) is 12.1 Å². The summed E-state index contributed by atoms with van der Waals surface area (Å²) in [6, 6.07) is 12.6. The fourth-order valence-electron chi connectivity index (χ4n) is 2.95. The van der Waals surface area contributed by atoms with Crippen molar-refractivity contribution in [1.29, 1.82) is 0 Å². The number of nitro groups is 1. The van der Waals surface area contributed by atoms with E-state index in [1.54, 1.807) is 17.9 Å². The van der Waals surface area contributed by atoms with Gasteiger partial charge in [-0.2, -0.15) is 0 Å². The molecule has 140 valence electrons. The lowest BCUT2D eigenvalue weighted by Gasteiger charge is -2.19. The van der Waals surface area contributed by atoms with Crippen molar-refractivity contribution in [3.05, 3.63) is 58.6 Å². The van der Waals surface area contributed by atoms with E-state index in [0.717, 1.165) is 12.1 Å². The molecule has 1 unspecified atom stereocenters. The van der Waals surface area contributed by atoms with Crippen LogP contribution < -0.4 is 15.5 Å². The fourth-order valence-corrected chi connectivity index (χ4v) is 2.95. The van der Waals surface area contributed by atoms with E-state index in [-0.39, 0.29) is 17.5 Å². The first-order valence-electron chi connectivity index (χ1n) is 8.66. The first-order chi connectivity index (χ1) is 12.9. The van der Waals surface area contributed by atoms with Gasteiger partial charge in [0.05, 0.1) is 4.92 Å². The summed E-state index contributed by atoms with van der Waals surface area (Å²) in [6.45, 7) is 2.39. The van der Waals surface area contributed by atoms with Crippen molar-refractivity contribution in [2.45, 2.75) is 25.8 Å². The zero-order valence-electron chi connectivity index (χ0n) is 14.8. The fraction of sp³-hybridized carbons (Fsp3) is 0.263. The SMILES string of the molecule is CC(Nc1cccc(N2CCCC2=O)c1)C(=O)Nc1cccc([N+](=O)[O-])c1. The highest BCUT2D eigenvalue weighted by Crippen LogP contribution is 2.24. The number of hydrogen-bond acceptors (Lipinski definition) is 5. The molecule has 1 saturated heterocycles. The van der Waals surface area contributed by atoms with Crippen LogP contribution in [0, 0.1) is 10.1 Å². The van der Waals surface area contributed by atoms with Gasteiger partial charge in [0.15, 0.2) is 0 Å². The van der Waals surface area contributed by atoms with Gasteiger partial charge in [0.2, 0.25) is 11.8 Å². The molecule has 0 aliphatic carbocycles. The summed E-state index contributed by atoms with van der Waals surface area (Å²) < 4.78 is 0. The molecule has 0 spiro atoms. The van der Waals surface area contributed by atoms with Crippen LogP contribution in [0.2, 0.25) is 0 Å². The number of nitro benzene ring substituents is 1. The Kier molecular flexibility index (Phi) is 5.35. The number of nitrogens with one attached hydrogen (secondary N) is 2. The van der Waals surface area contributed by atoms with E-state index in [0.29, 0.717) is 24.3 Å². The van der Waals surface area contributed by atoms with Gasteiger partial charge in [-0.05, 0) is 37.6 Å². The molecule has 1 atom stereocenters. The first-order valence-corrected chi connectivity index (χ1v) is 8.66. The van der Waals surface area contributed by atoms with Crippen LogP contribution in [0.25, 0.3) is 0 Å². The van der Waals surface area contributed by atoms with Crippen LogP contribution in [-0.4, -0.2) is 29.3 Å². The van der Waals surface area contributed by atoms with Crippen LogP contribution in [0.1, 0.15) is 19.8 Å². The van der Waals surface area contributed by atoms with Crippen LogP contribution in [-0.2, 0) is 9.59 Å². The molecular weight excluding hydrogens is 348 g/mol. The maximum absolute atomic E-state index is 12.4. The van der Waals surface area contributed by atoms with Gasteiger partial charge in [0.25, 0.3) is 5.69 Å². The standard InChI is InChI=1S/C19H20N4O4/c1-13(19(25)21-15-6-3-8-17(12-15)23(26)27)20-14-5-2-7-16(11-14)22-10-4-9-18(22)24/h2-3,5-8,11-13,20H,4,9-10H2,1H3,(H,21,25). The zero-order chi connectivity index (χ0) is 19.4. The number of nitrogens with zero attached hydrogens (tertiary/aromatic N) is 2. The summed E-state index contributed by atoms with van der Waals surface area (Å²) in [5.41, 5.74) is 1.79. The molecule has 8 heteroatoms. The Morgan fingerprint density at radius 1 is 1.19 bits per heavy atom. The highest BCUT2D eigenvalue weighted by atomic mass is 16.6. The minimum atomic E-state index is -0.575. The third-order valence-corrected chi connectivity index (χ3v) is 4.33. The molecule has 3 rings (SSSR count). The molecule has 27 heavy (non-hydrogen) atoms. The minimum absolute atomic E-state index is 0.0867. The molecule has 8 nitrogen and oxygen atoms in total. The molecule has 0 radical (unpaired) electrons. The van der Waals surface area contributed by atoms with E-state index < -0.39 is 11.0 Å². The smallest absolute Gasteiger partial charge is 0.271 e. The van der Waals surface area contributed by atoms with Gasteiger partial charge in [-0.25, -0.2) is 0 Å². The Morgan fingerprint density at radius 2 is 1.93 bits per heavy atom. The average Bonchev–Trinajstić information content (AvgIpc) is 3.08. The molecule has 0 saturated carbocycles. The summed E-state index contributed by atoms with van der Waals surface area (Å²) in [5, 5.41) is 16.6. The largest absolute Gasteiger partial charge is 0.374 e. The molecular formula is C19H20N4O4. The molecule has 1 heterocycles. The van der Waals surface area contributed by atoms with Crippen LogP contribution in [0.3, 0.4) is 0 Å². The first kappa shape index (κ1) is 18.4. The second-order valence-electron chi connectivity index (χ2n) is 6.36. The van der Waals surface area contributed by atoms with Gasteiger partial charge in [-0.3, -0.25) is 19.7 Å². The van der Waals surface area contributed by atoms with Gasteiger partial charge < -0.3 is 15.5 Å². The van der Waals surface area contributed by atoms with Crippen molar-refractivity contribution in [2.75, 3.05) is 22.1 Å². The van der Waals surface area contributed by atoms with Crippen LogP contribution in [0.5, 0.6) is 0 Å². The number of anilines is 3. The number of rotatable bonds is 6. The van der Waals surface area contributed by atoms with Crippen molar-refractivity contribution in [3.8, 4) is 0 Å². The Balaban J connectivity index is 1.65. The molecule has 0 bridgehead atoms. The Labute approximate surface area is 156 Å². The second kappa shape index (κ2) is 7.86. The normalized spacial score (nSPS) is 14.7. The third-order valence-electron chi connectivity index (χ3n) is 4.33. The van der Waals surface area contributed by atoms with Gasteiger partial charge in [0, 0.05) is 42.2 Å². The highest BCUT2D eigenvalue weighted by Gasteiger charge is 2.22. The van der Waals surface area contributed by atoms with Gasteiger partial charge >= 0.3 is 0 Å². The summed E-state index contributed by atoms with van der Waals surface area (Å²) >= 11 is 0. The van der Waals surface area contributed by atoms with Crippen LogP contribution in [0.4, 0.5) is 22.7 Å². The topological polar surface area (TPSA) is 105 Å². The van der Waals surface area contributed by atoms with Crippen molar-refractivity contribution in [2.24, 2.45) is 0 Å². The van der Waals surface area contributed by atoms with E-state index >= 15 is 0 Å². The van der Waals surface area contributed by atoms with Crippen LogP contribution in [0.15, 0.2) is 48.5 Å². The number of hydrogen-bond donors (Lipinski definition) is 2. The number of carbonyl (C=O) groups excluding carboxylic acids is 2. The lowest BCUT2D eigenvalue weighted by Crippen LogP contribution is -2.32. The summed E-state index contributed by atoms with van der Waals surface area (Å²) in [4.78, 5) is 36.3. The Hall–Kier alpha value is -3.42. The Bertz CT molecular complexity index is 884. The number of carbonyl (C=O) groups is 2. The molecule has 2 N–H and O–H groups in total. The molecule has 2 aromatic rings. The van der Waals surface area contributed by atoms with Crippen molar-refractivity contribution in [1.82, 2.24) is 0 Å². The van der Waals surface area contributed by atoms with Crippen molar-refractivity contribution < 1.29 is 14.5 Å². The zero-order valence-corrected chi connectivity index (χ0v) is 14.8. The lowest BCUT2D eigenvalue weighted by molar-refractivity contribution is -0.384. The van der Waals surface area contributed by atoms with E-state index in [1.165, 1.54) is 18.2 Å². The van der Waals surface area contributed by atoms with Crippen molar-refractivity contribution in [3.63, 3.8) is 0 Å². The predicted molar refractivity (Wildman–Crippen MR) is 103 cm³/mol. The Morgan fingerprint density at radius 3 is 2.63 bits per heavy atom. The van der Waals surface area contributed by atoms with E-state index in [9.17, 15) is 19.7 Å². The monoisotopic (exact) mass is 368 g/mol. The third kappa shape index (κ3) is 4.41. The molecule has 2 amide bonds. The maximum atomic E-state index is 12.4. The molecule has 1 aliphatic rings.